The van der Waals surface area contributed by atoms with E-state index in [9.17, 15) is 19.5 Å². The number of aromatic nitrogens is 1. The maximum atomic E-state index is 12.5. The molecule has 30 heavy (non-hydrogen) atoms. The number of aliphatic hydroxyl groups is 1. The van der Waals surface area contributed by atoms with Gasteiger partial charge in [-0.15, -0.1) is 0 Å². The van der Waals surface area contributed by atoms with Gasteiger partial charge in [-0.1, -0.05) is 18.2 Å². The molecule has 3 N–H and O–H groups in total. The lowest BCUT2D eigenvalue weighted by Gasteiger charge is -2.20. The topological polar surface area (TPSA) is 145 Å². The number of aliphatic hydroxyl groups excluding tert-OH is 1. The summed E-state index contributed by atoms with van der Waals surface area (Å²) in [6.45, 7) is 5.28. The van der Waals surface area contributed by atoms with Gasteiger partial charge in [0, 0.05) is 29.9 Å². The largest absolute Gasteiger partial charge is 0.461 e. The van der Waals surface area contributed by atoms with Crippen molar-refractivity contribution in [3.05, 3.63) is 41.1 Å². The van der Waals surface area contributed by atoms with E-state index in [4.69, 9.17) is 10.3 Å². The summed E-state index contributed by atoms with van der Waals surface area (Å²) in [6, 6.07) is 4.64. The van der Waals surface area contributed by atoms with E-state index in [1.165, 1.54) is 0 Å². The fraction of sp³-hybridized carbons (Fsp3) is 0.429. The SMILES string of the molecule is Cc1cccc2c(C[C@H](O)C(=O)N[C@@H](CCC(=O)C=[N+]=[N-])C(=O)OC(C)C)c[nH]c12. The molecule has 0 saturated carbocycles. The number of benzene rings is 1. The predicted molar refractivity (Wildman–Crippen MR) is 110 cm³/mol. The number of fused-ring (bicyclic) bond motifs is 1. The van der Waals surface area contributed by atoms with E-state index in [0.29, 0.717) is 0 Å². The highest BCUT2D eigenvalue weighted by Gasteiger charge is 2.27. The normalized spacial score (nSPS) is 12.8. The van der Waals surface area contributed by atoms with Crippen LogP contribution in [0.5, 0.6) is 0 Å². The summed E-state index contributed by atoms with van der Waals surface area (Å²) in [5.41, 5.74) is 11.2. The standard InChI is InChI=1S/C21H26N4O5/c1-12(2)30-21(29)17(8-7-15(26)11-24-22)25-20(28)18(27)9-14-10-23-19-13(3)5-4-6-16(14)19/h4-6,10-12,17-18,23,27H,7-9H2,1-3H3,(H,25,28)/t17-,18-/m0/s1. The second kappa shape index (κ2) is 10.5. The van der Waals surface area contributed by atoms with E-state index < -0.39 is 35.9 Å². The number of nitrogens with zero attached hydrogens (tertiary/aromatic N) is 2. The van der Waals surface area contributed by atoms with Crippen molar-refractivity contribution in [3.8, 4) is 0 Å². The van der Waals surface area contributed by atoms with Crippen molar-refractivity contribution in [1.82, 2.24) is 10.3 Å². The Hall–Kier alpha value is -3.29. The summed E-state index contributed by atoms with van der Waals surface area (Å²) in [4.78, 5) is 42.1. The third kappa shape index (κ3) is 6.10. The predicted octanol–water partition coefficient (Wildman–Crippen LogP) is 1.47. The molecule has 2 rings (SSSR count). The second-order valence-electron chi connectivity index (χ2n) is 7.33. The zero-order chi connectivity index (χ0) is 22.3. The first-order chi connectivity index (χ1) is 14.2. The average Bonchev–Trinajstić information content (AvgIpc) is 3.08. The molecular formula is C21H26N4O5. The molecule has 0 saturated heterocycles. The molecule has 0 unspecified atom stereocenters. The quantitative estimate of drug-likeness (QED) is 0.233. The van der Waals surface area contributed by atoms with Crippen molar-refractivity contribution in [1.29, 1.82) is 0 Å². The molecule has 2 aromatic rings. The maximum Gasteiger partial charge on any atom is 0.328 e. The molecule has 1 aromatic heterocycles. The summed E-state index contributed by atoms with van der Waals surface area (Å²) < 4.78 is 5.13. The molecule has 2 atom stereocenters. The van der Waals surface area contributed by atoms with Crippen LogP contribution in [0.3, 0.4) is 0 Å². The summed E-state index contributed by atoms with van der Waals surface area (Å²) in [5.74, 6) is -1.96. The Bertz CT molecular complexity index is 975. The van der Waals surface area contributed by atoms with Crippen molar-refractivity contribution in [3.63, 3.8) is 0 Å². The Morgan fingerprint density at radius 3 is 2.73 bits per heavy atom. The van der Waals surface area contributed by atoms with Gasteiger partial charge in [-0.2, -0.15) is 4.79 Å². The first-order valence-corrected chi connectivity index (χ1v) is 9.67. The molecule has 0 spiro atoms. The molecule has 0 radical (unpaired) electrons. The molecule has 0 aliphatic carbocycles. The van der Waals surface area contributed by atoms with Gasteiger partial charge in [0.15, 0.2) is 0 Å². The molecule has 9 nitrogen and oxygen atoms in total. The van der Waals surface area contributed by atoms with Gasteiger partial charge in [0.25, 0.3) is 0 Å². The van der Waals surface area contributed by atoms with Crippen molar-refractivity contribution in [2.45, 2.75) is 58.3 Å². The van der Waals surface area contributed by atoms with Gasteiger partial charge in [-0.25, -0.2) is 4.79 Å². The number of ether oxygens (including phenoxy) is 1. The van der Waals surface area contributed by atoms with Crippen LogP contribution in [0.2, 0.25) is 0 Å². The lowest BCUT2D eigenvalue weighted by atomic mass is 10.0. The highest BCUT2D eigenvalue weighted by atomic mass is 16.5. The average molecular weight is 414 g/mol. The van der Waals surface area contributed by atoms with E-state index in [-0.39, 0.29) is 19.3 Å². The highest BCUT2D eigenvalue weighted by molar-refractivity contribution is 6.25. The van der Waals surface area contributed by atoms with E-state index in [0.717, 1.165) is 28.2 Å². The van der Waals surface area contributed by atoms with Gasteiger partial charge in [-0.3, -0.25) is 9.59 Å². The van der Waals surface area contributed by atoms with Crippen LogP contribution >= 0.6 is 0 Å². The lowest BCUT2D eigenvalue weighted by molar-refractivity contribution is -0.152. The van der Waals surface area contributed by atoms with Crippen LogP contribution in [0.25, 0.3) is 16.4 Å². The summed E-state index contributed by atoms with van der Waals surface area (Å²) in [7, 11) is 0. The lowest BCUT2D eigenvalue weighted by Crippen LogP contribution is -2.47. The van der Waals surface area contributed by atoms with E-state index in [1.54, 1.807) is 20.0 Å². The molecule has 1 aromatic carbocycles. The van der Waals surface area contributed by atoms with Crippen molar-refractivity contribution in [2.75, 3.05) is 0 Å². The third-order valence-corrected chi connectivity index (χ3v) is 4.56. The van der Waals surface area contributed by atoms with Crippen LogP contribution < -0.4 is 5.32 Å². The van der Waals surface area contributed by atoms with Gasteiger partial charge >= 0.3 is 12.2 Å². The number of hydrogen-bond acceptors (Lipinski definition) is 5. The number of esters is 1. The Morgan fingerprint density at radius 2 is 2.07 bits per heavy atom. The number of carbonyl (C=O) groups is 3. The highest BCUT2D eigenvalue weighted by Crippen LogP contribution is 2.22. The molecule has 0 fully saturated rings. The number of H-pyrrole nitrogens is 1. The number of para-hydroxylation sites is 1. The van der Waals surface area contributed by atoms with Gasteiger partial charge in [-0.05, 0) is 38.3 Å². The fourth-order valence-corrected chi connectivity index (χ4v) is 3.08. The molecule has 0 aliphatic heterocycles. The van der Waals surface area contributed by atoms with Crippen LogP contribution in [-0.2, 0) is 25.5 Å². The van der Waals surface area contributed by atoms with Gasteiger partial charge in [0.1, 0.15) is 12.1 Å². The van der Waals surface area contributed by atoms with Crippen molar-refractivity contribution in [2.24, 2.45) is 0 Å². The van der Waals surface area contributed by atoms with E-state index in [1.807, 2.05) is 25.1 Å². The third-order valence-electron chi connectivity index (χ3n) is 4.56. The second-order valence-corrected chi connectivity index (χ2v) is 7.33. The smallest absolute Gasteiger partial charge is 0.328 e. The van der Waals surface area contributed by atoms with Crippen LogP contribution in [-0.4, -0.2) is 57.0 Å². The first-order valence-electron chi connectivity index (χ1n) is 9.67. The first kappa shape index (κ1) is 23.0. The molecule has 9 heteroatoms. The fourth-order valence-electron chi connectivity index (χ4n) is 3.08. The summed E-state index contributed by atoms with van der Waals surface area (Å²) in [6.07, 6.45) is 0.518. The van der Waals surface area contributed by atoms with Gasteiger partial charge < -0.3 is 25.7 Å². The van der Waals surface area contributed by atoms with Gasteiger partial charge in [0.05, 0.1) is 6.10 Å². The van der Waals surface area contributed by atoms with Crippen LogP contribution in [0.4, 0.5) is 0 Å². The van der Waals surface area contributed by atoms with Gasteiger partial charge in [0.2, 0.25) is 11.7 Å². The number of ketones is 1. The van der Waals surface area contributed by atoms with E-state index in [2.05, 4.69) is 15.1 Å². The Morgan fingerprint density at radius 1 is 1.33 bits per heavy atom. The number of hydrogen-bond donors (Lipinski definition) is 3. The molecular weight excluding hydrogens is 388 g/mol. The molecule has 160 valence electrons. The van der Waals surface area contributed by atoms with Crippen LogP contribution in [0.1, 0.15) is 37.8 Å². The number of rotatable bonds is 10. The molecule has 1 amide bonds. The molecule has 1 heterocycles. The maximum absolute atomic E-state index is 12.5. The van der Waals surface area contributed by atoms with E-state index >= 15 is 0 Å². The monoisotopic (exact) mass is 414 g/mol. The number of amides is 1. The zero-order valence-electron chi connectivity index (χ0n) is 17.2. The molecule has 0 aliphatic rings. The number of aryl methyl sites for hydroxylation is 1. The minimum absolute atomic E-state index is 0.0529. The Labute approximate surface area is 174 Å². The minimum Gasteiger partial charge on any atom is -0.461 e. The van der Waals surface area contributed by atoms with Crippen molar-refractivity contribution < 1.29 is 29.0 Å². The minimum atomic E-state index is -1.39. The van der Waals surface area contributed by atoms with Crippen LogP contribution in [0.15, 0.2) is 24.4 Å². The zero-order valence-corrected chi connectivity index (χ0v) is 17.2. The summed E-state index contributed by atoms with van der Waals surface area (Å²) in [5, 5.41) is 13.8. The summed E-state index contributed by atoms with van der Waals surface area (Å²) >= 11 is 0. The van der Waals surface area contributed by atoms with Crippen molar-refractivity contribution >= 4 is 34.8 Å². The Balaban J connectivity index is 2.08. The Kier molecular flexibility index (Phi) is 8.03. The number of Topliss-reactive ketones (excluding diaryl/α,β-unsaturated/α-hetero) is 1. The number of carbonyl (C=O) groups excluding carboxylic acids is 3. The number of aromatic amines is 1. The number of nitrogens with one attached hydrogen (secondary N) is 2. The molecule has 0 bridgehead atoms. The van der Waals surface area contributed by atoms with Crippen LogP contribution in [0, 0.1) is 6.92 Å².